The molecule has 3 rings (SSSR count). The predicted molar refractivity (Wildman–Crippen MR) is 102 cm³/mol. The number of ether oxygens (including phenoxy) is 1. The third kappa shape index (κ3) is 4.46. The molecule has 27 heavy (non-hydrogen) atoms. The number of benzene rings is 3. The maximum absolute atomic E-state index is 12.7. The number of nitrogens with one attached hydrogen (secondary N) is 1. The van der Waals surface area contributed by atoms with Crippen LogP contribution < -0.4 is 10.1 Å². The summed E-state index contributed by atoms with van der Waals surface area (Å²) in [5.74, 6) is -0.740. The summed E-state index contributed by atoms with van der Waals surface area (Å²) in [6.07, 6.45) is 0. The van der Waals surface area contributed by atoms with E-state index in [9.17, 15) is 14.4 Å². The fourth-order valence-corrected chi connectivity index (χ4v) is 2.58. The van der Waals surface area contributed by atoms with Gasteiger partial charge in [0.2, 0.25) is 5.91 Å². The summed E-state index contributed by atoms with van der Waals surface area (Å²) < 4.78 is 5.38. The number of esters is 1. The average molecular weight is 359 g/mol. The van der Waals surface area contributed by atoms with Crippen LogP contribution in [-0.4, -0.2) is 17.7 Å². The minimum atomic E-state index is -0.623. The van der Waals surface area contributed by atoms with Crippen LogP contribution >= 0.6 is 0 Å². The number of rotatable bonds is 5. The van der Waals surface area contributed by atoms with Crippen molar-refractivity contribution in [2.24, 2.45) is 0 Å². The SMILES string of the molecule is CC(=O)Nc1ccc(OC(=O)c2ccccc2C(=O)c2ccccc2)cc1. The Morgan fingerprint density at radius 1 is 0.741 bits per heavy atom. The molecular weight excluding hydrogens is 342 g/mol. The molecule has 5 heteroatoms. The molecule has 0 aliphatic heterocycles. The van der Waals surface area contributed by atoms with Crippen molar-refractivity contribution >= 4 is 23.3 Å². The molecule has 0 fully saturated rings. The van der Waals surface area contributed by atoms with Crippen molar-refractivity contribution < 1.29 is 19.1 Å². The molecule has 5 nitrogen and oxygen atoms in total. The van der Waals surface area contributed by atoms with E-state index in [4.69, 9.17) is 4.74 Å². The quantitative estimate of drug-likeness (QED) is 0.423. The summed E-state index contributed by atoms with van der Waals surface area (Å²) in [5.41, 5.74) is 1.57. The maximum Gasteiger partial charge on any atom is 0.344 e. The molecule has 134 valence electrons. The van der Waals surface area contributed by atoms with Gasteiger partial charge in [-0.05, 0) is 30.3 Å². The van der Waals surface area contributed by atoms with Crippen LogP contribution in [0.2, 0.25) is 0 Å². The van der Waals surface area contributed by atoms with Crippen molar-refractivity contribution in [3.63, 3.8) is 0 Å². The van der Waals surface area contributed by atoms with Gasteiger partial charge in [0.15, 0.2) is 5.78 Å². The van der Waals surface area contributed by atoms with Gasteiger partial charge in [-0.1, -0.05) is 48.5 Å². The summed E-state index contributed by atoms with van der Waals surface area (Å²) in [6.45, 7) is 1.41. The van der Waals surface area contributed by atoms with Crippen molar-refractivity contribution in [3.05, 3.63) is 95.6 Å². The standard InChI is InChI=1S/C22H17NO4/c1-15(24)23-17-11-13-18(14-12-17)27-22(26)20-10-6-5-9-19(20)21(25)16-7-3-2-4-8-16/h2-14H,1H3,(H,23,24). The number of hydrogen-bond acceptors (Lipinski definition) is 4. The van der Waals surface area contributed by atoms with E-state index < -0.39 is 5.97 Å². The minimum Gasteiger partial charge on any atom is -0.423 e. The summed E-state index contributed by atoms with van der Waals surface area (Å²) in [4.78, 5) is 36.4. The number of ketones is 1. The average Bonchev–Trinajstić information content (AvgIpc) is 2.69. The molecule has 3 aromatic carbocycles. The van der Waals surface area contributed by atoms with Gasteiger partial charge in [-0.15, -0.1) is 0 Å². The smallest absolute Gasteiger partial charge is 0.344 e. The molecule has 1 N–H and O–H groups in total. The largest absolute Gasteiger partial charge is 0.423 e. The van der Waals surface area contributed by atoms with Crippen LogP contribution in [0.15, 0.2) is 78.9 Å². The lowest BCUT2D eigenvalue weighted by Crippen LogP contribution is -2.15. The Kier molecular flexibility index (Phi) is 5.42. The van der Waals surface area contributed by atoms with E-state index in [-0.39, 0.29) is 22.8 Å². The number of anilines is 1. The molecule has 0 spiro atoms. The van der Waals surface area contributed by atoms with Crippen molar-refractivity contribution in [2.75, 3.05) is 5.32 Å². The van der Waals surface area contributed by atoms with Crippen LogP contribution in [0.1, 0.15) is 33.2 Å². The zero-order valence-corrected chi connectivity index (χ0v) is 14.6. The second-order valence-electron chi connectivity index (χ2n) is 5.84. The van der Waals surface area contributed by atoms with Crippen LogP contribution in [0.5, 0.6) is 5.75 Å². The van der Waals surface area contributed by atoms with Gasteiger partial charge in [0.25, 0.3) is 0 Å². The first-order chi connectivity index (χ1) is 13.0. The van der Waals surface area contributed by atoms with Gasteiger partial charge in [0, 0.05) is 23.7 Å². The van der Waals surface area contributed by atoms with E-state index in [1.807, 2.05) is 6.07 Å². The zero-order chi connectivity index (χ0) is 19.2. The van der Waals surface area contributed by atoms with Crippen molar-refractivity contribution in [1.82, 2.24) is 0 Å². The molecule has 0 heterocycles. The first-order valence-electron chi connectivity index (χ1n) is 8.33. The predicted octanol–water partition coefficient (Wildman–Crippen LogP) is 4.10. The highest BCUT2D eigenvalue weighted by Gasteiger charge is 2.19. The van der Waals surface area contributed by atoms with Gasteiger partial charge < -0.3 is 10.1 Å². The number of carbonyl (C=O) groups is 3. The van der Waals surface area contributed by atoms with E-state index >= 15 is 0 Å². The van der Waals surface area contributed by atoms with Gasteiger partial charge in [-0.3, -0.25) is 9.59 Å². The van der Waals surface area contributed by atoms with E-state index in [1.165, 1.54) is 6.92 Å². The summed E-state index contributed by atoms with van der Waals surface area (Å²) in [6, 6.07) is 21.7. The van der Waals surface area contributed by atoms with Crippen LogP contribution in [0.3, 0.4) is 0 Å². The van der Waals surface area contributed by atoms with Crippen LogP contribution in [-0.2, 0) is 4.79 Å². The number of carbonyl (C=O) groups excluding carboxylic acids is 3. The Hall–Kier alpha value is -3.73. The van der Waals surface area contributed by atoms with E-state index in [0.717, 1.165) is 0 Å². The highest BCUT2D eigenvalue weighted by Crippen LogP contribution is 2.20. The number of hydrogen-bond donors (Lipinski definition) is 1. The molecule has 0 saturated carbocycles. The van der Waals surface area contributed by atoms with Crippen LogP contribution in [0, 0.1) is 0 Å². The normalized spacial score (nSPS) is 10.1. The molecule has 1 amide bonds. The Bertz CT molecular complexity index is 979. The molecule has 0 unspecified atom stereocenters. The van der Waals surface area contributed by atoms with E-state index in [0.29, 0.717) is 17.0 Å². The highest BCUT2D eigenvalue weighted by molar-refractivity contribution is 6.14. The molecule has 0 bridgehead atoms. The Morgan fingerprint density at radius 2 is 1.33 bits per heavy atom. The van der Waals surface area contributed by atoms with Gasteiger partial charge in [-0.2, -0.15) is 0 Å². The summed E-state index contributed by atoms with van der Waals surface area (Å²) in [7, 11) is 0. The van der Waals surface area contributed by atoms with Crippen molar-refractivity contribution in [3.8, 4) is 5.75 Å². The van der Waals surface area contributed by atoms with Gasteiger partial charge in [-0.25, -0.2) is 4.79 Å². The first-order valence-corrected chi connectivity index (χ1v) is 8.33. The fourth-order valence-electron chi connectivity index (χ4n) is 2.58. The van der Waals surface area contributed by atoms with Crippen LogP contribution in [0.25, 0.3) is 0 Å². The molecule has 0 saturated heterocycles. The molecule has 0 aliphatic rings. The molecule has 0 atom stereocenters. The first kappa shape index (κ1) is 18.1. The lowest BCUT2D eigenvalue weighted by Gasteiger charge is -2.09. The molecule has 3 aromatic rings. The molecule has 0 radical (unpaired) electrons. The van der Waals surface area contributed by atoms with Gasteiger partial charge >= 0.3 is 5.97 Å². The van der Waals surface area contributed by atoms with Crippen molar-refractivity contribution in [2.45, 2.75) is 6.92 Å². The number of amides is 1. The third-order valence-corrected chi connectivity index (χ3v) is 3.81. The van der Waals surface area contributed by atoms with E-state index in [1.54, 1.807) is 72.8 Å². The molecular formula is C22H17NO4. The lowest BCUT2D eigenvalue weighted by molar-refractivity contribution is -0.114. The maximum atomic E-state index is 12.7. The lowest BCUT2D eigenvalue weighted by atomic mass is 9.98. The highest BCUT2D eigenvalue weighted by atomic mass is 16.5. The topological polar surface area (TPSA) is 72.5 Å². The Labute approximate surface area is 156 Å². The summed E-state index contributed by atoms with van der Waals surface area (Å²) >= 11 is 0. The molecule has 0 aliphatic carbocycles. The third-order valence-electron chi connectivity index (χ3n) is 3.81. The summed E-state index contributed by atoms with van der Waals surface area (Å²) in [5, 5.41) is 2.64. The fraction of sp³-hybridized carbons (Fsp3) is 0.0455. The van der Waals surface area contributed by atoms with Crippen LogP contribution in [0.4, 0.5) is 5.69 Å². The van der Waals surface area contributed by atoms with Gasteiger partial charge in [0.1, 0.15) is 5.75 Å². The second kappa shape index (κ2) is 8.10. The minimum absolute atomic E-state index is 0.187. The monoisotopic (exact) mass is 359 g/mol. The van der Waals surface area contributed by atoms with E-state index in [2.05, 4.69) is 5.32 Å². The van der Waals surface area contributed by atoms with Gasteiger partial charge in [0.05, 0.1) is 5.56 Å². The Balaban J connectivity index is 1.81. The second-order valence-corrected chi connectivity index (χ2v) is 5.84. The molecule has 0 aromatic heterocycles. The van der Waals surface area contributed by atoms with Crippen molar-refractivity contribution in [1.29, 1.82) is 0 Å². The Morgan fingerprint density at radius 3 is 1.96 bits per heavy atom. The zero-order valence-electron chi connectivity index (χ0n) is 14.6.